The standard InChI is InChI=1S/C15H27NO/c1-4-17-10-15(11(2)3)16-9-14-8-12-5-6-13(14)7-12/h5-6,11-16H,4,7-10H2,1-3H3. The summed E-state index contributed by atoms with van der Waals surface area (Å²) in [6, 6.07) is 0.512. The molecule has 98 valence electrons. The van der Waals surface area contributed by atoms with Crippen LogP contribution in [0.15, 0.2) is 12.2 Å². The highest BCUT2D eigenvalue weighted by atomic mass is 16.5. The lowest BCUT2D eigenvalue weighted by molar-refractivity contribution is 0.106. The first-order valence-electron chi connectivity index (χ1n) is 7.20. The van der Waals surface area contributed by atoms with Crippen molar-refractivity contribution in [2.24, 2.45) is 23.7 Å². The first kappa shape index (κ1) is 13.1. The number of hydrogen-bond donors (Lipinski definition) is 1. The van der Waals surface area contributed by atoms with E-state index in [2.05, 4.69) is 38.2 Å². The predicted octanol–water partition coefficient (Wildman–Crippen LogP) is 2.85. The summed E-state index contributed by atoms with van der Waals surface area (Å²) in [5.41, 5.74) is 0. The van der Waals surface area contributed by atoms with E-state index in [9.17, 15) is 0 Å². The lowest BCUT2D eigenvalue weighted by Crippen LogP contribution is -2.41. The molecule has 2 nitrogen and oxygen atoms in total. The molecule has 1 fully saturated rings. The topological polar surface area (TPSA) is 21.3 Å². The number of allylic oxidation sites excluding steroid dienone is 2. The van der Waals surface area contributed by atoms with Gasteiger partial charge < -0.3 is 10.1 Å². The molecular formula is C15H27NO. The van der Waals surface area contributed by atoms with Gasteiger partial charge in [0.1, 0.15) is 0 Å². The van der Waals surface area contributed by atoms with Gasteiger partial charge in [0.15, 0.2) is 0 Å². The van der Waals surface area contributed by atoms with Crippen LogP contribution in [0.1, 0.15) is 33.6 Å². The Kier molecular flexibility index (Phi) is 4.63. The quantitative estimate of drug-likeness (QED) is 0.688. The van der Waals surface area contributed by atoms with Gasteiger partial charge in [-0.2, -0.15) is 0 Å². The molecule has 0 radical (unpaired) electrons. The Morgan fingerprint density at radius 3 is 2.65 bits per heavy atom. The van der Waals surface area contributed by atoms with Gasteiger partial charge in [-0.15, -0.1) is 0 Å². The molecule has 0 saturated heterocycles. The summed E-state index contributed by atoms with van der Waals surface area (Å²) in [4.78, 5) is 0. The third-order valence-electron chi connectivity index (χ3n) is 4.36. The first-order valence-corrected chi connectivity index (χ1v) is 7.20. The number of ether oxygens (including phenoxy) is 1. The first-order chi connectivity index (χ1) is 8.20. The van der Waals surface area contributed by atoms with Gasteiger partial charge in [0.2, 0.25) is 0 Å². The molecule has 0 aliphatic heterocycles. The molecule has 2 bridgehead atoms. The van der Waals surface area contributed by atoms with E-state index in [0.29, 0.717) is 12.0 Å². The zero-order chi connectivity index (χ0) is 12.3. The summed E-state index contributed by atoms with van der Waals surface area (Å²) >= 11 is 0. The van der Waals surface area contributed by atoms with Crippen molar-refractivity contribution in [2.75, 3.05) is 19.8 Å². The van der Waals surface area contributed by atoms with E-state index in [1.807, 2.05) is 0 Å². The minimum absolute atomic E-state index is 0.512. The van der Waals surface area contributed by atoms with Crippen LogP contribution in [0.3, 0.4) is 0 Å². The smallest absolute Gasteiger partial charge is 0.0621 e. The molecule has 4 unspecified atom stereocenters. The van der Waals surface area contributed by atoms with Gasteiger partial charge in [-0.25, -0.2) is 0 Å². The minimum atomic E-state index is 0.512. The second kappa shape index (κ2) is 6.01. The van der Waals surface area contributed by atoms with Crippen molar-refractivity contribution in [3.63, 3.8) is 0 Å². The van der Waals surface area contributed by atoms with Gasteiger partial charge in [0.05, 0.1) is 6.61 Å². The molecule has 0 heterocycles. The van der Waals surface area contributed by atoms with Crippen LogP contribution in [0.25, 0.3) is 0 Å². The molecule has 0 spiro atoms. The predicted molar refractivity (Wildman–Crippen MR) is 72.0 cm³/mol. The van der Waals surface area contributed by atoms with Gasteiger partial charge in [0, 0.05) is 12.6 Å². The fraction of sp³-hybridized carbons (Fsp3) is 0.867. The second-order valence-electron chi connectivity index (χ2n) is 5.96. The average Bonchev–Trinajstić information content (AvgIpc) is 2.90. The van der Waals surface area contributed by atoms with E-state index in [4.69, 9.17) is 4.74 Å². The van der Waals surface area contributed by atoms with E-state index in [1.165, 1.54) is 19.4 Å². The maximum Gasteiger partial charge on any atom is 0.0621 e. The van der Waals surface area contributed by atoms with Crippen LogP contribution < -0.4 is 5.32 Å². The van der Waals surface area contributed by atoms with Crippen LogP contribution in [-0.4, -0.2) is 25.8 Å². The van der Waals surface area contributed by atoms with Crippen LogP contribution >= 0.6 is 0 Å². The molecule has 0 aromatic rings. The summed E-state index contributed by atoms with van der Waals surface area (Å²) < 4.78 is 5.56. The molecule has 1 N–H and O–H groups in total. The zero-order valence-corrected chi connectivity index (χ0v) is 11.5. The number of fused-ring (bicyclic) bond motifs is 2. The highest BCUT2D eigenvalue weighted by Gasteiger charge is 2.35. The third-order valence-corrected chi connectivity index (χ3v) is 4.36. The van der Waals surface area contributed by atoms with Crippen molar-refractivity contribution in [3.05, 3.63) is 12.2 Å². The fourth-order valence-corrected chi connectivity index (χ4v) is 3.16. The maximum atomic E-state index is 5.56. The Bertz CT molecular complexity index is 262. The molecule has 2 aliphatic rings. The van der Waals surface area contributed by atoms with Crippen molar-refractivity contribution in [1.29, 1.82) is 0 Å². The van der Waals surface area contributed by atoms with E-state index >= 15 is 0 Å². The summed E-state index contributed by atoms with van der Waals surface area (Å²) in [7, 11) is 0. The fourth-order valence-electron chi connectivity index (χ4n) is 3.16. The molecule has 0 amide bonds. The number of hydrogen-bond acceptors (Lipinski definition) is 2. The molecule has 1 saturated carbocycles. The Labute approximate surface area is 106 Å². The van der Waals surface area contributed by atoms with Crippen LogP contribution in [0, 0.1) is 23.7 Å². The monoisotopic (exact) mass is 237 g/mol. The van der Waals surface area contributed by atoms with Crippen LogP contribution in [-0.2, 0) is 4.74 Å². The largest absolute Gasteiger partial charge is 0.380 e. The lowest BCUT2D eigenvalue weighted by Gasteiger charge is -2.26. The normalized spacial score (nSPS) is 32.6. The van der Waals surface area contributed by atoms with Crippen molar-refractivity contribution < 1.29 is 4.74 Å². The zero-order valence-electron chi connectivity index (χ0n) is 11.5. The van der Waals surface area contributed by atoms with E-state index in [0.717, 1.165) is 31.0 Å². The highest BCUT2D eigenvalue weighted by molar-refractivity contribution is 5.10. The molecule has 2 rings (SSSR count). The molecular weight excluding hydrogens is 210 g/mol. The molecule has 2 heteroatoms. The SMILES string of the molecule is CCOCC(NCC1CC2C=CC1C2)C(C)C. The Hall–Kier alpha value is -0.340. The summed E-state index contributed by atoms with van der Waals surface area (Å²) in [5, 5.41) is 3.72. The lowest BCUT2D eigenvalue weighted by atomic mass is 9.93. The highest BCUT2D eigenvalue weighted by Crippen LogP contribution is 2.43. The van der Waals surface area contributed by atoms with Crippen molar-refractivity contribution >= 4 is 0 Å². The van der Waals surface area contributed by atoms with Crippen molar-refractivity contribution in [3.8, 4) is 0 Å². The summed E-state index contributed by atoms with van der Waals surface area (Å²) in [6.07, 6.45) is 7.66. The van der Waals surface area contributed by atoms with Crippen molar-refractivity contribution in [1.82, 2.24) is 5.32 Å². The van der Waals surface area contributed by atoms with Gasteiger partial charge in [-0.1, -0.05) is 26.0 Å². The molecule has 0 aromatic carbocycles. The molecule has 17 heavy (non-hydrogen) atoms. The van der Waals surface area contributed by atoms with E-state index in [1.54, 1.807) is 0 Å². The Balaban J connectivity index is 1.73. The molecule has 4 atom stereocenters. The van der Waals surface area contributed by atoms with E-state index in [-0.39, 0.29) is 0 Å². The van der Waals surface area contributed by atoms with Gasteiger partial charge in [0.25, 0.3) is 0 Å². The third kappa shape index (κ3) is 3.32. The average molecular weight is 237 g/mol. The van der Waals surface area contributed by atoms with Gasteiger partial charge >= 0.3 is 0 Å². The minimum Gasteiger partial charge on any atom is -0.380 e. The molecule has 0 aromatic heterocycles. The maximum absolute atomic E-state index is 5.56. The van der Waals surface area contributed by atoms with Crippen LogP contribution in [0.4, 0.5) is 0 Å². The Morgan fingerprint density at radius 1 is 1.29 bits per heavy atom. The summed E-state index contributed by atoms with van der Waals surface area (Å²) in [5.74, 6) is 3.26. The van der Waals surface area contributed by atoms with E-state index < -0.39 is 0 Å². The molecule has 2 aliphatic carbocycles. The summed E-state index contributed by atoms with van der Waals surface area (Å²) in [6.45, 7) is 9.46. The number of nitrogens with one attached hydrogen (secondary N) is 1. The number of rotatable bonds is 7. The van der Waals surface area contributed by atoms with Gasteiger partial charge in [-0.3, -0.25) is 0 Å². The van der Waals surface area contributed by atoms with Crippen molar-refractivity contribution in [2.45, 2.75) is 39.7 Å². The Morgan fingerprint density at radius 2 is 2.12 bits per heavy atom. The van der Waals surface area contributed by atoms with Gasteiger partial charge in [-0.05, 0) is 50.0 Å². The van der Waals surface area contributed by atoms with Crippen LogP contribution in [0.2, 0.25) is 0 Å². The van der Waals surface area contributed by atoms with Crippen LogP contribution in [0.5, 0.6) is 0 Å². The second-order valence-corrected chi connectivity index (χ2v) is 5.96.